The Kier molecular flexibility index (Phi) is 6.43. The van der Waals surface area contributed by atoms with Gasteiger partial charge in [-0.2, -0.15) is 5.10 Å². The molecule has 0 saturated heterocycles. The second-order valence-electron chi connectivity index (χ2n) is 7.87. The van der Waals surface area contributed by atoms with Gasteiger partial charge in [0.25, 0.3) is 0 Å². The Morgan fingerprint density at radius 3 is 2.00 bits per heavy atom. The number of halogens is 5. The SMILES string of the molecule is Cc1nn(C)c(CC(=O)NCc2c(F)c(F)c(CC(C)(C)C)c(F)c2F)c1Cl. The van der Waals surface area contributed by atoms with Crippen LogP contribution in [-0.4, -0.2) is 15.7 Å². The topological polar surface area (TPSA) is 46.9 Å². The summed E-state index contributed by atoms with van der Waals surface area (Å²) in [4.78, 5) is 12.1. The predicted octanol–water partition coefficient (Wildman–Crippen LogP) is 4.39. The Hall–Kier alpha value is -2.09. The molecule has 28 heavy (non-hydrogen) atoms. The maximum atomic E-state index is 14.3. The second-order valence-corrected chi connectivity index (χ2v) is 8.25. The van der Waals surface area contributed by atoms with E-state index in [1.165, 1.54) is 4.68 Å². The smallest absolute Gasteiger partial charge is 0.226 e. The number of nitrogens with one attached hydrogen (secondary N) is 1. The molecule has 1 heterocycles. The fourth-order valence-electron chi connectivity index (χ4n) is 2.84. The molecule has 0 saturated carbocycles. The minimum Gasteiger partial charge on any atom is -0.351 e. The van der Waals surface area contributed by atoms with Gasteiger partial charge in [0.05, 0.1) is 22.8 Å². The van der Waals surface area contributed by atoms with Crippen molar-refractivity contribution in [3.63, 3.8) is 0 Å². The molecule has 1 aromatic carbocycles. The molecule has 0 bridgehead atoms. The third kappa shape index (κ3) is 4.66. The number of aromatic nitrogens is 2. The van der Waals surface area contributed by atoms with Crippen molar-refractivity contribution in [2.45, 2.75) is 47.1 Å². The van der Waals surface area contributed by atoms with Crippen LogP contribution in [0.15, 0.2) is 0 Å². The first-order valence-electron chi connectivity index (χ1n) is 8.61. The summed E-state index contributed by atoms with van der Waals surface area (Å²) in [6.07, 6.45) is -0.379. The quantitative estimate of drug-likeness (QED) is 0.577. The fraction of sp³-hybridized carbons (Fsp3) is 0.474. The zero-order valence-electron chi connectivity index (χ0n) is 16.3. The lowest BCUT2D eigenvalue weighted by atomic mass is 9.87. The van der Waals surface area contributed by atoms with E-state index in [1.54, 1.807) is 34.7 Å². The summed E-state index contributed by atoms with van der Waals surface area (Å²) < 4.78 is 58.6. The number of benzene rings is 1. The highest BCUT2D eigenvalue weighted by molar-refractivity contribution is 6.32. The van der Waals surface area contributed by atoms with Crippen LogP contribution in [0.5, 0.6) is 0 Å². The van der Waals surface area contributed by atoms with Gasteiger partial charge in [0.15, 0.2) is 23.3 Å². The van der Waals surface area contributed by atoms with Crippen molar-refractivity contribution in [2.24, 2.45) is 12.5 Å². The van der Waals surface area contributed by atoms with Crippen LogP contribution >= 0.6 is 11.6 Å². The maximum absolute atomic E-state index is 14.3. The van der Waals surface area contributed by atoms with Gasteiger partial charge in [-0.05, 0) is 18.8 Å². The number of nitrogens with zero attached hydrogens (tertiary/aromatic N) is 2. The maximum Gasteiger partial charge on any atom is 0.226 e. The Morgan fingerprint density at radius 1 is 1.07 bits per heavy atom. The normalized spacial score (nSPS) is 11.8. The summed E-state index contributed by atoms with van der Waals surface area (Å²) in [6, 6.07) is 0. The first kappa shape index (κ1) is 22.2. The molecule has 9 heteroatoms. The van der Waals surface area contributed by atoms with E-state index in [4.69, 9.17) is 11.6 Å². The second kappa shape index (κ2) is 8.11. The summed E-state index contributed by atoms with van der Waals surface area (Å²) in [5.41, 5.74) is -1.14. The zero-order valence-corrected chi connectivity index (χ0v) is 17.1. The van der Waals surface area contributed by atoms with Gasteiger partial charge in [-0.25, -0.2) is 17.6 Å². The third-order valence-electron chi connectivity index (χ3n) is 4.20. The minimum absolute atomic E-state index is 0.177. The molecule has 0 aliphatic rings. The first-order chi connectivity index (χ1) is 12.8. The Bertz CT molecular complexity index is 890. The summed E-state index contributed by atoms with van der Waals surface area (Å²) >= 11 is 6.05. The Morgan fingerprint density at radius 2 is 1.57 bits per heavy atom. The van der Waals surface area contributed by atoms with Gasteiger partial charge in [0, 0.05) is 24.7 Å². The molecular weight excluding hydrogens is 398 g/mol. The molecule has 0 radical (unpaired) electrons. The van der Waals surface area contributed by atoms with Crippen LogP contribution in [0.1, 0.15) is 43.3 Å². The molecule has 2 rings (SSSR count). The van der Waals surface area contributed by atoms with Crippen LogP contribution in [0.25, 0.3) is 0 Å². The van der Waals surface area contributed by atoms with E-state index >= 15 is 0 Å². The van der Waals surface area contributed by atoms with E-state index in [9.17, 15) is 22.4 Å². The van der Waals surface area contributed by atoms with Crippen molar-refractivity contribution in [1.82, 2.24) is 15.1 Å². The summed E-state index contributed by atoms with van der Waals surface area (Å²) in [7, 11) is 1.60. The van der Waals surface area contributed by atoms with Gasteiger partial charge >= 0.3 is 0 Å². The molecule has 1 N–H and O–H groups in total. The standard InChI is InChI=1S/C19H22ClF4N3O/c1-9-14(20)12(27(5)26-9)6-13(28)25-8-11-17(23)15(21)10(7-19(2,3)4)16(22)18(11)24/h6-8H2,1-5H3,(H,25,28). The van der Waals surface area contributed by atoms with Gasteiger partial charge in [-0.15, -0.1) is 0 Å². The average molecular weight is 420 g/mol. The molecule has 1 aromatic heterocycles. The Balaban J connectivity index is 2.21. The highest BCUT2D eigenvalue weighted by atomic mass is 35.5. The lowest BCUT2D eigenvalue weighted by molar-refractivity contribution is -0.120. The first-order valence-corrected chi connectivity index (χ1v) is 8.99. The van der Waals surface area contributed by atoms with Crippen LogP contribution in [0, 0.1) is 35.6 Å². The average Bonchev–Trinajstić information content (AvgIpc) is 2.82. The highest BCUT2D eigenvalue weighted by Crippen LogP contribution is 2.30. The van der Waals surface area contributed by atoms with Crippen molar-refractivity contribution in [1.29, 1.82) is 0 Å². The van der Waals surface area contributed by atoms with Crippen molar-refractivity contribution in [2.75, 3.05) is 0 Å². The number of carbonyl (C=O) groups excluding carboxylic acids is 1. The van der Waals surface area contributed by atoms with Gasteiger partial charge in [-0.3, -0.25) is 9.48 Å². The lowest BCUT2D eigenvalue weighted by Gasteiger charge is -2.20. The number of carbonyl (C=O) groups is 1. The largest absolute Gasteiger partial charge is 0.351 e. The molecular formula is C19H22ClF4N3O. The predicted molar refractivity (Wildman–Crippen MR) is 97.9 cm³/mol. The molecule has 0 spiro atoms. The molecule has 1 amide bonds. The molecule has 0 atom stereocenters. The molecule has 0 unspecified atom stereocenters. The van der Waals surface area contributed by atoms with Gasteiger partial charge < -0.3 is 5.32 Å². The van der Waals surface area contributed by atoms with E-state index in [1.807, 2.05) is 0 Å². The van der Waals surface area contributed by atoms with E-state index in [0.717, 1.165) is 0 Å². The molecule has 0 aliphatic carbocycles. The van der Waals surface area contributed by atoms with Crippen LogP contribution < -0.4 is 5.32 Å². The molecule has 4 nitrogen and oxygen atoms in total. The van der Waals surface area contributed by atoms with E-state index in [-0.39, 0.29) is 12.8 Å². The van der Waals surface area contributed by atoms with Gasteiger partial charge in [0.2, 0.25) is 5.91 Å². The number of hydrogen-bond acceptors (Lipinski definition) is 2. The van der Waals surface area contributed by atoms with Crippen LogP contribution in [0.4, 0.5) is 17.6 Å². The summed E-state index contributed by atoms with van der Waals surface area (Å²) in [6.45, 7) is 6.05. The van der Waals surface area contributed by atoms with E-state index in [2.05, 4.69) is 10.4 Å². The van der Waals surface area contributed by atoms with Crippen molar-refractivity contribution in [3.05, 3.63) is 50.8 Å². The number of aryl methyl sites for hydroxylation is 2. The Labute approximate surface area is 165 Å². The van der Waals surface area contributed by atoms with Crippen LogP contribution in [-0.2, 0) is 31.2 Å². The fourth-order valence-corrected chi connectivity index (χ4v) is 3.06. The number of amides is 1. The molecule has 154 valence electrons. The van der Waals surface area contributed by atoms with Crippen molar-refractivity contribution in [3.8, 4) is 0 Å². The number of rotatable bonds is 5. The minimum atomic E-state index is -1.51. The highest BCUT2D eigenvalue weighted by Gasteiger charge is 2.28. The monoisotopic (exact) mass is 419 g/mol. The van der Waals surface area contributed by atoms with E-state index < -0.39 is 52.3 Å². The van der Waals surface area contributed by atoms with Crippen LogP contribution in [0.2, 0.25) is 5.02 Å². The lowest BCUT2D eigenvalue weighted by Crippen LogP contribution is -2.27. The summed E-state index contributed by atoms with van der Waals surface area (Å²) in [5, 5.41) is 6.62. The van der Waals surface area contributed by atoms with Gasteiger partial charge in [0.1, 0.15) is 0 Å². The van der Waals surface area contributed by atoms with E-state index in [0.29, 0.717) is 16.4 Å². The van der Waals surface area contributed by atoms with Crippen molar-refractivity contribution < 1.29 is 22.4 Å². The van der Waals surface area contributed by atoms with Crippen molar-refractivity contribution >= 4 is 17.5 Å². The zero-order chi connectivity index (χ0) is 21.4. The molecule has 2 aromatic rings. The molecule has 0 aliphatic heterocycles. The van der Waals surface area contributed by atoms with Crippen LogP contribution in [0.3, 0.4) is 0 Å². The third-order valence-corrected chi connectivity index (χ3v) is 4.70. The molecule has 0 fully saturated rings. The number of hydrogen-bond donors (Lipinski definition) is 1. The van der Waals surface area contributed by atoms with Gasteiger partial charge in [-0.1, -0.05) is 32.4 Å². The summed E-state index contributed by atoms with van der Waals surface area (Å²) in [5.74, 6) is -6.52.